The minimum absolute atomic E-state index is 0.0331. The average molecular weight is 1020 g/mol. The largest absolute Gasteiger partial charge is 0.472 e. The molecule has 1 N–H and O–H groups in total. The molecular formula is C61H117NO8P+. The van der Waals surface area contributed by atoms with Crippen LogP contribution in [0, 0.1) is 0 Å². The molecule has 0 spiro atoms. The molecule has 2 unspecified atom stereocenters. The summed E-state index contributed by atoms with van der Waals surface area (Å²) in [4.78, 5) is 35.7. The fraction of sp³-hybridized carbons (Fsp3) is 0.869. The molecule has 0 aromatic heterocycles. The maximum absolute atomic E-state index is 12.8. The van der Waals surface area contributed by atoms with Crippen molar-refractivity contribution in [3.8, 4) is 0 Å². The number of allylic oxidation sites excluding steroid dienone is 6. The van der Waals surface area contributed by atoms with Crippen molar-refractivity contribution < 1.29 is 42.1 Å². The molecule has 0 aromatic carbocycles. The van der Waals surface area contributed by atoms with Crippen LogP contribution in [0.5, 0.6) is 0 Å². The van der Waals surface area contributed by atoms with Crippen LogP contribution in [0.1, 0.15) is 290 Å². The minimum atomic E-state index is -4.38. The molecule has 0 aromatic rings. The summed E-state index contributed by atoms with van der Waals surface area (Å²) in [5.74, 6) is -0.784. The number of unbranched alkanes of at least 4 members (excludes halogenated alkanes) is 36. The molecule has 0 aliphatic carbocycles. The number of ether oxygens (including phenoxy) is 2. The Labute approximate surface area is 440 Å². The lowest BCUT2D eigenvalue weighted by Crippen LogP contribution is -2.37. The van der Waals surface area contributed by atoms with Gasteiger partial charge in [-0.15, -0.1) is 0 Å². The first-order valence-electron chi connectivity index (χ1n) is 30.2. The van der Waals surface area contributed by atoms with Crippen LogP contribution in [0.15, 0.2) is 36.5 Å². The van der Waals surface area contributed by atoms with E-state index in [0.717, 1.165) is 51.4 Å². The Morgan fingerprint density at radius 2 is 0.761 bits per heavy atom. The van der Waals surface area contributed by atoms with E-state index < -0.39 is 26.5 Å². The highest BCUT2D eigenvalue weighted by atomic mass is 31.2. The van der Waals surface area contributed by atoms with Gasteiger partial charge < -0.3 is 18.9 Å². The van der Waals surface area contributed by atoms with Crippen LogP contribution < -0.4 is 0 Å². The van der Waals surface area contributed by atoms with E-state index in [0.29, 0.717) is 23.9 Å². The summed E-state index contributed by atoms with van der Waals surface area (Å²) in [7, 11) is 1.49. The number of esters is 2. The van der Waals surface area contributed by atoms with Gasteiger partial charge in [0.2, 0.25) is 0 Å². The van der Waals surface area contributed by atoms with E-state index in [4.69, 9.17) is 18.5 Å². The summed E-state index contributed by atoms with van der Waals surface area (Å²) in [5.41, 5.74) is 0. The summed E-state index contributed by atoms with van der Waals surface area (Å²) in [6.07, 6.45) is 65.0. The highest BCUT2D eigenvalue weighted by Crippen LogP contribution is 2.43. The van der Waals surface area contributed by atoms with E-state index in [-0.39, 0.29) is 25.6 Å². The number of nitrogens with zero attached hydrogens (tertiary/aromatic N) is 1. The lowest BCUT2D eigenvalue weighted by Gasteiger charge is -2.24. The summed E-state index contributed by atoms with van der Waals surface area (Å²) >= 11 is 0. The fourth-order valence-electron chi connectivity index (χ4n) is 8.73. The normalized spacial score (nSPS) is 13.5. The number of carbonyl (C=O) groups excluding carboxylic acids is 2. The minimum Gasteiger partial charge on any atom is -0.462 e. The number of phosphoric ester groups is 1. The number of hydrogen-bond acceptors (Lipinski definition) is 7. The van der Waals surface area contributed by atoms with E-state index in [1.54, 1.807) is 0 Å². The average Bonchev–Trinajstić information content (AvgIpc) is 3.33. The molecule has 418 valence electrons. The maximum Gasteiger partial charge on any atom is 0.472 e. The van der Waals surface area contributed by atoms with Gasteiger partial charge in [0.1, 0.15) is 19.8 Å². The summed E-state index contributed by atoms with van der Waals surface area (Å²) in [6.45, 7) is 4.47. The van der Waals surface area contributed by atoms with Gasteiger partial charge in [-0.05, 0) is 51.4 Å². The van der Waals surface area contributed by atoms with Crippen LogP contribution in [0.25, 0.3) is 0 Å². The van der Waals surface area contributed by atoms with Crippen LogP contribution in [0.3, 0.4) is 0 Å². The number of rotatable bonds is 56. The number of phosphoric acid groups is 1. The quantitative estimate of drug-likeness (QED) is 0.0211. The predicted octanol–water partition coefficient (Wildman–Crippen LogP) is 18.8. The van der Waals surface area contributed by atoms with E-state index in [1.807, 2.05) is 21.1 Å². The Morgan fingerprint density at radius 3 is 1.13 bits per heavy atom. The molecule has 0 aliphatic heterocycles. The van der Waals surface area contributed by atoms with E-state index >= 15 is 0 Å². The standard InChI is InChI=1S/C61H116NO8P/c1-6-8-10-12-14-16-18-20-22-24-26-28-29-30-31-32-33-34-36-38-40-42-44-46-48-50-52-54-61(64)70-59(58-69-71(65,66)68-56-55-62(3,4)5)57-67-60(63)53-51-49-47-45-43-41-39-37-35-27-25-23-21-19-17-15-13-11-9-7-2/h18,20,24,26,29-30,59H,6-17,19,21-23,25,27-28,31-58H2,1-5H3/p+1/b20-18-,26-24-,30-29-. The number of carbonyl (C=O) groups is 2. The maximum atomic E-state index is 12.8. The Morgan fingerprint density at radius 1 is 0.437 bits per heavy atom. The molecular weight excluding hydrogens is 906 g/mol. The summed E-state index contributed by atoms with van der Waals surface area (Å²) in [6, 6.07) is 0. The molecule has 71 heavy (non-hydrogen) atoms. The monoisotopic (exact) mass is 1020 g/mol. The van der Waals surface area contributed by atoms with Crippen molar-refractivity contribution in [3.63, 3.8) is 0 Å². The lowest BCUT2D eigenvalue weighted by molar-refractivity contribution is -0.870. The van der Waals surface area contributed by atoms with E-state index in [1.165, 1.54) is 205 Å². The van der Waals surface area contributed by atoms with Crippen molar-refractivity contribution in [2.75, 3.05) is 47.5 Å². The molecule has 0 fully saturated rings. The van der Waals surface area contributed by atoms with Gasteiger partial charge in [-0.3, -0.25) is 18.6 Å². The Bertz CT molecular complexity index is 1300. The number of hydrogen-bond donors (Lipinski definition) is 1. The topological polar surface area (TPSA) is 108 Å². The molecule has 0 aliphatic rings. The smallest absolute Gasteiger partial charge is 0.462 e. The van der Waals surface area contributed by atoms with Crippen LogP contribution in [0.2, 0.25) is 0 Å². The summed E-state index contributed by atoms with van der Waals surface area (Å²) in [5, 5.41) is 0. The second kappa shape index (κ2) is 53.1. The van der Waals surface area contributed by atoms with Crippen LogP contribution in [-0.2, 0) is 32.7 Å². The SMILES string of the molecule is CCCCCCC/C=C\C/C=C\C/C=C\CCCCCCCCCCCCCCC(=O)OC(COC(=O)CCCCCCCCCCCCCCCCCCCCCC)COP(=O)(O)OCC[N+](C)(C)C. The molecule has 0 saturated carbocycles. The predicted molar refractivity (Wildman–Crippen MR) is 303 cm³/mol. The molecule has 0 heterocycles. The Kier molecular flexibility index (Phi) is 51.7. The third kappa shape index (κ3) is 57.4. The Hall–Kier alpha value is -1.77. The van der Waals surface area contributed by atoms with Crippen molar-refractivity contribution in [1.29, 1.82) is 0 Å². The number of likely N-dealkylation sites (N-methyl/N-ethyl adjacent to an activating group) is 1. The first kappa shape index (κ1) is 69.2. The van der Waals surface area contributed by atoms with E-state index in [9.17, 15) is 19.0 Å². The molecule has 0 bridgehead atoms. The second-order valence-corrected chi connectivity index (χ2v) is 23.2. The van der Waals surface area contributed by atoms with Crippen LogP contribution in [-0.4, -0.2) is 74.9 Å². The highest BCUT2D eigenvalue weighted by Gasteiger charge is 2.27. The third-order valence-corrected chi connectivity index (χ3v) is 14.4. The first-order valence-corrected chi connectivity index (χ1v) is 31.7. The van der Waals surface area contributed by atoms with Gasteiger partial charge in [0.15, 0.2) is 6.10 Å². The summed E-state index contributed by atoms with van der Waals surface area (Å²) < 4.78 is 34.6. The zero-order chi connectivity index (χ0) is 52.0. The zero-order valence-electron chi connectivity index (χ0n) is 47.5. The van der Waals surface area contributed by atoms with Gasteiger partial charge in [-0.2, -0.15) is 0 Å². The van der Waals surface area contributed by atoms with Crippen molar-refractivity contribution in [1.82, 2.24) is 0 Å². The molecule has 10 heteroatoms. The zero-order valence-corrected chi connectivity index (χ0v) is 48.4. The van der Waals surface area contributed by atoms with Gasteiger partial charge in [-0.1, -0.05) is 262 Å². The molecule has 0 saturated heterocycles. The second-order valence-electron chi connectivity index (χ2n) is 21.7. The third-order valence-electron chi connectivity index (χ3n) is 13.4. The molecule has 0 amide bonds. The molecule has 2 atom stereocenters. The molecule has 0 radical (unpaired) electrons. The first-order chi connectivity index (χ1) is 34.5. The Balaban J connectivity index is 4.12. The van der Waals surface area contributed by atoms with Crippen LogP contribution in [0.4, 0.5) is 0 Å². The van der Waals surface area contributed by atoms with Crippen molar-refractivity contribution in [2.24, 2.45) is 0 Å². The van der Waals surface area contributed by atoms with Crippen molar-refractivity contribution in [2.45, 2.75) is 296 Å². The van der Waals surface area contributed by atoms with Crippen LogP contribution >= 0.6 is 7.82 Å². The highest BCUT2D eigenvalue weighted by molar-refractivity contribution is 7.47. The fourth-order valence-corrected chi connectivity index (χ4v) is 9.47. The van der Waals surface area contributed by atoms with Crippen molar-refractivity contribution >= 4 is 19.8 Å². The molecule has 9 nitrogen and oxygen atoms in total. The van der Waals surface area contributed by atoms with E-state index in [2.05, 4.69) is 50.3 Å². The van der Waals surface area contributed by atoms with Crippen molar-refractivity contribution in [3.05, 3.63) is 36.5 Å². The lowest BCUT2D eigenvalue weighted by atomic mass is 10.0. The van der Waals surface area contributed by atoms with Gasteiger partial charge in [0, 0.05) is 12.8 Å². The molecule has 0 rings (SSSR count). The van der Waals surface area contributed by atoms with Gasteiger partial charge in [0.25, 0.3) is 0 Å². The van der Waals surface area contributed by atoms with Gasteiger partial charge in [0.05, 0.1) is 27.7 Å². The van der Waals surface area contributed by atoms with Gasteiger partial charge in [-0.25, -0.2) is 4.57 Å². The van der Waals surface area contributed by atoms with Gasteiger partial charge >= 0.3 is 19.8 Å². The number of quaternary nitrogens is 1.